The van der Waals surface area contributed by atoms with E-state index in [9.17, 15) is 8.42 Å². The van der Waals surface area contributed by atoms with Crippen molar-refractivity contribution in [1.82, 2.24) is 19.8 Å². The van der Waals surface area contributed by atoms with Crippen LogP contribution in [0.2, 0.25) is 0 Å². The van der Waals surface area contributed by atoms with Gasteiger partial charge in [0.1, 0.15) is 0 Å². The summed E-state index contributed by atoms with van der Waals surface area (Å²) >= 11 is 0. The molecule has 7 heteroatoms. The number of H-pyrrole nitrogens is 1. The van der Waals surface area contributed by atoms with E-state index >= 15 is 0 Å². The Balaban J connectivity index is 2.33. The Morgan fingerprint density at radius 2 is 2.10 bits per heavy atom. The lowest BCUT2D eigenvalue weighted by Crippen LogP contribution is -2.37. The number of aryl methyl sites for hydroxylation is 1. The Bertz CT molecular complexity index is 576. The molecule has 0 amide bonds. The molecule has 1 saturated carbocycles. The van der Waals surface area contributed by atoms with Crippen molar-refractivity contribution in [2.45, 2.75) is 58.1 Å². The molecule has 21 heavy (non-hydrogen) atoms. The fraction of sp³-hybridized carbons (Fsp3) is 0.786. The first-order valence-corrected chi connectivity index (χ1v) is 9.08. The molecule has 1 aliphatic carbocycles. The summed E-state index contributed by atoms with van der Waals surface area (Å²) in [5.74, 6) is 0.303. The van der Waals surface area contributed by atoms with Crippen LogP contribution in [0.4, 0.5) is 0 Å². The smallest absolute Gasteiger partial charge is 0.262 e. The van der Waals surface area contributed by atoms with Gasteiger partial charge in [-0.25, -0.2) is 8.42 Å². The molecule has 1 fully saturated rings. The van der Waals surface area contributed by atoms with Gasteiger partial charge in [0.2, 0.25) is 0 Å². The molecule has 0 atom stereocenters. The van der Waals surface area contributed by atoms with E-state index in [2.05, 4.69) is 15.5 Å². The number of hydrogen-bond donors (Lipinski definition) is 2. The summed E-state index contributed by atoms with van der Waals surface area (Å²) < 4.78 is 27.6. The largest absolute Gasteiger partial charge is 0.313 e. The Kier molecular flexibility index (Phi) is 5.06. The van der Waals surface area contributed by atoms with Gasteiger partial charge in [-0.05, 0) is 32.2 Å². The van der Waals surface area contributed by atoms with Crippen LogP contribution in [-0.2, 0) is 16.6 Å². The number of rotatable bonds is 8. The van der Waals surface area contributed by atoms with Crippen LogP contribution in [-0.4, -0.2) is 42.1 Å². The standard InChI is InChI=1S/C14H26N4O2S/c1-5-15-8-13-11(4)16-17-14(13)21(19,20)18(9-10(2)3)12-6-7-12/h10,12,15H,5-9H2,1-4H3,(H,16,17). The molecular formula is C14H26N4O2S. The van der Waals surface area contributed by atoms with Crippen LogP contribution < -0.4 is 5.32 Å². The topological polar surface area (TPSA) is 78.1 Å². The first kappa shape index (κ1) is 16.5. The van der Waals surface area contributed by atoms with Crippen molar-refractivity contribution in [3.05, 3.63) is 11.3 Å². The highest BCUT2D eigenvalue weighted by molar-refractivity contribution is 7.89. The second kappa shape index (κ2) is 6.46. The van der Waals surface area contributed by atoms with E-state index in [1.165, 1.54) is 0 Å². The fourth-order valence-corrected chi connectivity index (χ4v) is 4.40. The summed E-state index contributed by atoms with van der Waals surface area (Å²) in [4.78, 5) is 0. The molecule has 2 rings (SSSR count). The number of nitrogens with one attached hydrogen (secondary N) is 2. The minimum absolute atomic E-state index is 0.154. The summed E-state index contributed by atoms with van der Waals surface area (Å²) in [6, 6.07) is 0.154. The maximum Gasteiger partial charge on any atom is 0.262 e. The molecule has 1 heterocycles. The molecule has 1 aliphatic rings. The maximum absolute atomic E-state index is 13.0. The molecular weight excluding hydrogens is 288 g/mol. The number of nitrogens with zero attached hydrogens (tertiary/aromatic N) is 2. The molecule has 0 bridgehead atoms. The van der Waals surface area contributed by atoms with Gasteiger partial charge in [-0.2, -0.15) is 9.40 Å². The molecule has 0 saturated heterocycles. The summed E-state index contributed by atoms with van der Waals surface area (Å²) in [6.45, 7) is 9.82. The monoisotopic (exact) mass is 314 g/mol. The van der Waals surface area contributed by atoms with Crippen molar-refractivity contribution in [2.75, 3.05) is 13.1 Å². The van der Waals surface area contributed by atoms with Gasteiger partial charge in [-0.1, -0.05) is 20.8 Å². The Morgan fingerprint density at radius 1 is 1.43 bits per heavy atom. The minimum Gasteiger partial charge on any atom is -0.313 e. The van der Waals surface area contributed by atoms with Gasteiger partial charge < -0.3 is 5.32 Å². The molecule has 120 valence electrons. The van der Waals surface area contributed by atoms with Gasteiger partial charge in [0, 0.05) is 30.4 Å². The zero-order chi connectivity index (χ0) is 15.6. The van der Waals surface area contributed by atoms with E-state index in [0.717, 1.165) is 30.6 Å². The second-order valence-corrected chi connectivity index (χ2v) is 7.92. The zero-order valence-corrected chi connectivity index (χ0v) is 14.1. The predicted molar refractivity (Wildman–Crippen MR) is 82.5 cm³/mol. The fourth-order valence-electron chi connectivity index (χ4n) is 2.38. The van der Waals surface area contributed by atoms with Crippen molar-refractivity contribution in [1.29, 1.82) is 0 Å². The van der Waals surface area contributed by atoms with Crippen LogP contribution in [0.15, 0.2) is 5.03 Å². The lowest BCUT2D eigenvalue weighted by molar-refractivity contribution is 0.358. The third kappa shape index (κ3) is 3.64. The van der Waals surface area contributed by atoms with Gasteiger partial charge in [-0.15, -0.1) is 0 Å². The first-order chi connectivity index (χ1) is 9.87. The van der Waals surface area contributed by atoms with Crippen LogP contribution in [0.3, 0.4) is 0 Å². The quantitative estimate of drug-likeness (QED) is 0.764. The highest BCUT2D eigenvalue weighted by Gasteiger charge is 2.40. The van der Waals surface area contributed by atoms with E-state index in [1.807, 2.05) is 27.7 Å². The van der Waals surface area contributed by atoms with Crippen LogP contribution in [0.25, 0.3) is 0 Å². The average molecular weight is 314 g/mol. The Hall–Kier alpha value is -0.920. The number of hydrogen-bond acceptors (Lipinski definition) is 4. The highest BCUT2D eigenvalue weighted by atomic mass is 32.2. The Morgan fingerprint density at radius 3 is 2.62 bits per heavy atom. The maximum atomic E-state index is 13.0. The number of sulfonamides is 1. The van der Waals surface area contributed by atoms with Gasteiger partial charge in [0.15, 0.2) is 5.03 Å². The molecule has 0 aromatic carbocycles. The molecule has 0 unspecified atom stereocenters. The van der Waals surface area contributed by atoms with Crippen molar-refractivity contribution >= 4 is 10.0 Å². The van der Waals surface area contributed by atoms with E-state index in [-0.39, 0.29) is 11.1 Å². The highest BCUT2D eigenvalue weighted by Crippen LogP contribution is 2.33. The van der Waals surface area contributed by atoms with Crippen molar-refractivity contribution < 1.29 is 8.42 Å². The van der Waals surface area contributed by atoms with Gasteiger partial charge in [0.25, 0.3) is 10.0 Å². The lowest BCUT2D eigenvalue weighted by atomic mass is 10.2. The van der Waals surface area contributed by atoms with Crippen LogP contribution in [0.5, 0.6) is 0 Å². The second-order valence-electron chi connectivity index (χ2n) is 6.11. The summed E-state index contributed by atoms with van der Waals surface area (Å²) in [5.41, 5.74) is 1.57. The predicted octanol–water partition coefficient (Wildman–Crippen LogP) is 1.64. The average Bonchev–Trinajstić information content (AvgIpc) is 3.17. The molecule has 0 spiro atoms. The van der Waals surface area contributed by atoms with Crippen molar-refractivity contribution in [2.24, 2.45) is 5.92 Å². The van der Waals surface area contributed by atoms with Gasteiger partial charge in [-0.3, -0.25) is 5.10 Å². The molecule has 6 nitrogen and oxygen atoms in total. The third-order valence-corrected chi connectivity index (χ3v) is 5.53. The van der Waals surface area contributed by atoms with E-state index < -0.39 is 10.0 Å². The van der Waals surface area contributed by atoms with Crippen LogP contribution in [0.1, 0.15) is 44.9 Å². The minimum atomic E-state index is -3.52. The summed E-state index contributed by atoms with van der Waals surface area (Å²) in [7, 11) is -3.52. The summed E-state index contributed by atoms with van der Waals surface area (Å²) in [5, 5.41) is 10.3. The van der Waals surface area contributed by atoms with Crippen LogP contribution in [0, 0.1) is 12.8 Å². The lowest BCUT2D eigenvalue weighted by Gasteiger charge is -2.23. The van der Waals surface area contributed by atoms with E-state index in [1.54, 1.807) is 4.31 Å². The third-order valence-electron chi connectivity index (χ3n) is 3.64. The molecule has 2 N–H and O–H groups in total. The molecule has 0 aliphatic heterocycles. The van der Waals surface area contributed by atoms with Gasteiger partial charge >= 0.3 is 0 Å². The van der Waals surface area contributed by atoms with Gasteiger partial charge in [0.05, 0.1) is 0 Å². The van der Waals surface area contributed by atoms with Crippen LogP contribution >= 0.6 is 0 Å². The zero-order valence-electron chi connectivity index (χ0n) is 13.3. The molecule has 1 aromatic heterocycles. The molecule has 0 radical (unpaired) electrons. The van der Waals surface area contributed by atoms with E-state index in [0.29, 0.717) is 19.0 Å². The van der Waals surface area contributed by atoms with E-state index in [4.69, 9.17) is 0 Å². The normalized spacial score (nSPS) is 16.1. The van der Waals surface area contributed by atoms with Crippen molar-refractivity contribution in [3.63, 3.8) is 0 Å². The first-order valence-electron chi connectivity index (χ1n) is 7.64. The Labute approximate surface area is 127 Å². The number of aromatic amines is 1. The SMILES string of the molecule is CCNCc1c(S(=O)(=O)N(CC(C)C)C2CC2)n[nH]c1C. The molecule has 1 aromatic rings. The summed E-state index contributed by atoms with van der Waals surface area (Å²) in [6.07, 6.45) is 1.91. The number of aromatic nitrogens is 2. The van der Waals surface area contributed by atoms with Crippen molar-refractivity contribution in [3.8, 4) is 0 Å².